The maximum absolute atomic E-state index is 12.8. The monoisotopic (exact) mass is 493 g/mol. The van der Waals surface area contributed by atoms with Crippen molar-refractivity contribution < 1.29 is 24.3 Å². The van der Waals surface area contributed by atoms with Crippen molar-refractivity contribution >= 4 is 48.1 Å². The van der Waals surface area contributed by atoms with E-state index in [0.29, 0.717) is 31.6 Å². The number of amides is 3. The minimum Gasteiger partial charge on any atom is -0.480 e. The smallest absolute Gasteiger partial charge is 0.326 e. The number of hydrogen-bond acceptors (Lipinski definition) is 8. The number of rotatable bonds is 17. The number of unbranched alkanes of at least 4 members (excludes halogenated alkanes) is 1. The molecule has 3 amide bonds. The number of nitrogens with two attached hydrogens (primary N) is 2. The van der Waals surface area contributed by atoms with E-state index < -0.39 is 47.9 Å². The number of carbonyl (C=O) groups excluding carboxylic acids is 3. The van der Waals surface area contributed by atoms with Crippen LogP contribution in [-0.2, 0) is 19.2 Å². The topological polar surface area (TPSA) is 177 Å². The number of carboxylic acid groups (broad SMARTS) is 1. The van der Waals surface area contributed by atoms with Crippen molar-refractivity contribution in [3.05, 3.63) is 0 Å². The van der Waals surface area contributed by atoms with Crippen LogP contribution in [0.2, 0.25) is 0 Å². The van der Waals surface area contributed by atoms with Gasteiger partial charge in [-0.2, -0.15) is 24.4 Å². The highest BCUT2D eigenvalue weighted by Crippen LogP contribution is 2.10. The molecule has 5 unspecified atom stereocenters. The molecule has 12 heteroatoms. The molecule has 0 aliphatic rings. The van der Waals surface area contributed by atoms with E-state index in [4.69, 9.17) is 11.5 Å². The first kappa shape index (κ1) is 30.5. The normalized spacial score (nSPS) is 15.7. The molecule has 0 spiro atoms. The number of nitrogens with one attached hydrogen (secondary N) is 3. The van der Waals surface area contributed by atoms with Crippen molar-refractivity contribution in [3.8, 4) is 0 Å². The van der Waals surface area contributed by atoms with Crippen molar-refractivity contribution in [2.24, 2.45) is 17.4 Å². The van der Waals surface area contributed by atoms with Crippen LogP contribution in [0.3, 0.4) is 0 Å². The molecule has 0 saturated heterocycles. The molecule has 0 aromatic rings. The van der Waals surface area contributed by atoms with Gasteiger partial charge in [0.15, 0.2) is 0 Å². The van der Waals surface area contributed by atoms with Crippen molar-refractivity contribution in [3.63, 3.8) is 0 Å². The third-order valence-corrected chi connectivity index (χ3v) is 6.15. The molecule has 0 saturated carbocycles. The average Bonchev–Trinajstić information content (AvgIpc) is 2.77. The highest BCUT2D eigenvalue weighted by Gasteiger charge is 2.32. The van der Waals surface area contributed by atoms with Gasteiger partial charge in [-0.3, -0.25) is 14.4 Å². The Morgan fingerprint density at radius 1 is 1.00 bits per heavy atom. The van der Waals surface area contributed by atoms with Gasteiger partial charge in [0.05, 0.1) is 6.04 Å². The minimum absolute atomic E-state index is 0.00735. The lowest BCUT2D eigenvalue weighted by Crippen LogP contribution is -2.59. The van der Waals surface area contributed by atoms with Crippen molar-refractivity contribution in [2.75, 3.05) is 24.3 Å². The zero-order chi connectivity index (χ0) is 24.7. The summed E-state index contributed by atoms with van der Waals surface area (Å²) in [5, 5.41) is 17.1. The maximum atomic E-state index is 12.8. The summed E-state index contributed by atoms with van der Waals surface area (Å²) in [5.41, 5.74) is 11.3. The first-order valence-electron chi connectivity index (χ1n) is 10.8. The molecule has 10 nitrogen and oxygen atoms in total. The molecular formula is C20H39N5O5S2. The van der Waals surface area contributed by atoms with Gasteiger partial charge in [0.25, 0.3) is 0 Å². The lowest BCUT2D eigenvalue weighted by molar-refractivity contribution is -0.142. The molecule has 0 aliphatic carbocycles. The Hall–Kier alpha value is -1.50. The van der Waals surface area contributed by atoms with E-state index in [0.717, 1.165) is 6.42 Å². The molecule has 0 rings (SSSR count). The highest BCUT2D eigenvalue weighted by atomic mass is 32.2. The lowest BCUT2D eigenvalue weighted by Gasteiger charge is -2.27. The Balaban J connectivity index is 5.18. The number of carbonyl (C=O) groups is 4. The SMILES string of the molecule is CCC(C)C(NC(=O)C(CS)NC(=O)C(N)CCCCN)C(=O)NC(CCSC)C(=O)O. The van der Waals surface area contributed by atoms with Crippen LogP contribution in [0, 0.1) is 5.92 Å². The molecular weight excluding hydrogens is 454 g/mol. The highest BCUT2D eigenvalue weighted by molar-refractivity contribution is 7.98. The first-order chi connectivity index (χ1) is 15.1. The average molecular weight is 494 g/mol. The van der Waals surface area contributed by atoms with Crippen molar-refractivity contribution in [1.82, 2.24) is 16.0 Å². The van der Waals surface area contributed by atoms with Crippen LogP contribution in [0.25, 0.3) is 0 Å². The second kappa shape index (κ2) is 17.0. The minimum atomic E-state index is -1.13. The van der Waals surface area contributed by atoms with Gasteiger partial charge < -0.3 is 32.5 Å². The molecule has 0 aromatic carbocycles. The fourth-order valence-corrected chi connectivity index (χ4v) is 3.55. The predicted octanol–water partition coefficient (Wildman–Crippen LogP) is -0.289. The van der Waals surface area contributed by atoms with E-state index in [2.05, 4.69) is 28.6 Å². The number of thioether (sulfide) groups is 1. The van der Waals surface area contributed by atoms with Gasteiger partial charge in [0.1, 0.15) is 18.1 Å². The molecule has 0 aliphatic heterocycles. The molecule has 32 heavy (non-hydrogen) atoms. The quantitative estimate of drug-likeness (QED) is 0.107. The van der Waals surface area contributed by atoms with Gasteiger partial charge >= 0.3 is 5.97 Å². The Morgan fingerprint density at radius 2 is 1.62 bits per heavy atom. The van der Waals surface area contributed by atoms with E-state index in [1.54, 1.807) is 6.92 Å². The van der Waals surface area contributed by atoms with Crippen LogP contribution in [0.1, 0.15) is 46.0 Å². The van der Waals surface area contributed by atoms with Crippen LogP contribution < -0.4 is 27.4 Å². The van der Waals surface area contributed by atoms with Gasteiger partial charge in [0.2, 0.25) is 17.7 Å². The zero-order valence-corrected chi connectivity index (χ0v) is 20.8. The second-order valence-corrected chi connectivity index (χ2v) is 9.04. The molecule has 5 atom stereocenters. The fourth-order valence-electron chi connectivity index (χ4n) is 2.82. The van der Waals surface area contributed by atoms with Gasteiger partial charge in [-0.15, -0.1) is 0 Å². The molecule has 0 bridgehead atoms. The van der Waals surface area contributed by atoms with Crippen molar-refractivity contribution in [1.29, 1.82) is 0 Å². The van der Waals surface area contributed by atoms with Crippen LogP contribution in [0.4, 0.5) is 0 Å². The molecule has 186 valence electrons. The summed E-state index contributed by atoms with van der Waals surface area (Å²) in [5.74, 6) is -2.47. The maximum Gasteiger partial charge on any atom is 0.326 e. The first-order valence-corrected chi connectivity index (χ1v) is 12.8. The van der Waals surface area contributed by atoms with Crippen molar-refractivity contribution in [2.45, 2.75) is 70.1 Å². The third-order valence-electron chi connectivity index (χ3n) is 5.14. The largest absolute Gasteiger partial charge is 0.480 e. The molecule has 0 heterocycles. The molecule has 0 fully saturated rings. The molecule has 0 radical (unpaired) electrons. The fraction of sp³-hybridized carbons (Fsp3) is 0.800. The van der Waals surface area contributed by atoms with E-state index >= 15 is 0 Å². The van der Waals surface area contributed by atoms with Crippen LogP contribution >= 0.6 is 24.4 Å². The summed E-state index contributed by atoms with van der Waals surface area (Å²) in [6, 6.07) is -3.78. The predicted molar refractivity (Wildman–Crippen MR) is 131 cm³/mol. The summed E-state index contributed by atoms with van der Waals surface area (Å²) in [4.78, 5) is 49.4. The second-order valence-electron chi connectivity index (χ2n) is 7.69. The summed E-state index contributed by atoms with van der Waals surface area (Å²) >= 11 is 5.62. The number of carboxylic acids is 1. The lowest BCUT2D eigenvalue weighted by atomic mass is 9.97. The molecule has 8 N–H and O–H groups in total. The van der Waals surface area contributed by atoms with Crippen LogP contribution in [0.15, 0.2) is 0 Å². The van der Waals surface area contributed by atoms with Crippen LogP contribution in [-0.4, -0.2) is 77.3 Å². The van der Waals surface area contributed by atoms with Gasteiger partial charge in [-0.25, -0.2) is 4.79 Å². The third kappa shape index (κ3) is 11.4. The van der Waals surface area contributed by atoms with Gasteiger partial charge in [-0.05, 0) is 43.7 Å². The van der Waals surface area contributed by atoms with E-state index in [9.17, 15) is 24.3 Å². The number of thiol groups is 1. The summed E-state index contributed by atoms with van der Waals surface area (Å²) < 4.78 is 0. The standard InChI is InChI=1S/C20H39N5O5S2/c1-4-12(2)16(19(28)23-14(20(29)30)8-10-32-3)25-18(27)15(11-31)24-17(26)13(22)7-5-6-9-21/h12-16,31H,4-11,21-22H2,1-3H3,(H,23,28)(H,24,26)(H,25,27)(H,29,30). The van der Waals surface area contributed by atoms with E-state index in [1.165, 1.54) is 11.8 Å². The zero-order valence-electron chi connectivity index (χ0n) is 19.1. The van der Waals surface area contributed by atoms with Gasteiger partial charge in [0, 0.05) is 5.75 Å². The number of hydrogen-bond donors (Lipinski definition) is 7. The van der Waals surface area contributed by atoms with Gasteiger partial charge in [-0.1, -0.05) is 26.7 Å². The van der Waals surface area contributed by atoms with Crippen LogP contribution in [0.5, 0.6) is 0 Å². The van der Waals surface area contributed by atoms with E-state index in [-0.39, 0.29) is 18.1 Å². The van der Waals surface area contributed by atoms with E-state index in [1.807, 2.05) is 13.2 Å². The Kier molecular flexibility index (Phi) is 16.2. The summed E-state index contributed by atoms with van der Waals surface area (Å²) in [6.45, 7) is 4.15. The summed E-state index contributed by atoms with van der Waals surface area (Å²) in [7, 11) is 0. The Morgan fingerprint density at radius 3 is 2.12 bits per heavy atom. The number of aliphatic carboxylic acids is 1. The Labute approximate surface area is 200 Å². The summed E-state index contributed by atoms with van der Waals surface area (Å²) in [6.07, 6.45) is 4.57. The molecule has 0 aromatic heterocycles. The Bertz CT molecular complexity index is 611.